The molecule has 1 saturated heterocycles. The highest BCUT2D eigenvalue weighted by Crippen LogP contribution is 2.69. The Kier molecular flexibility index (Phi) is 7.89. The van der Waals surface area contributed by atoms with E-state index >= 15 is 0 Å². The number of nitrogens with zero attached hydrogens (tertiary/aromatic N) is 1. The summed E-state index contributed by atoms with van der Waals surface area (Å²) in [7, 11) is 0. The molecule has 8 heteroatoms. The predicted octanol–water partition coefficient (Wildman–Crippen LogP) is 8.92. The number of rotatable bonds is 7. The Morgan fingerprint density at radius 3 is 1.57 bits per heavy atom. The van der Waals surface area contributed by atoms with Gasteiger partial charge in [0, 0.05) is 12.1 Å². The van der Waals surface area contributed by atoms with Crippen molar-refractivity contribution in [3.63, 3.8) is 0 Å². The fourth-order valence-electron chi connectivity index (χ4n) is 8.13. The van der Waals surface area contributed by atoms with Crippen LogP contribution in [0.1, 0.15) is 54.2 Å². The van der Waals surface area contributed by atoms with Gasteiger partial charge in [0.2, 0.25) is 17.7 Å². The van der Waals surface area contributed by atoms with E-state index in [1.54, 1.807) is 24.3 Å². The standard InChI is InChI=1S/C43H36Cl2N2O4/c1-41(2,3)27-17-21-29(22-18-27)51-30-23-19-28(20-24-30)46-38(48)35(25-26-11-5-4-6-12-26)47-39(49)36-37(40(47)50)43(45)32-14-8-7-13-31(32)42(36,44)33-15-9-10-16-34(33)43/h4-24,35-37H,25H2,1-3H3,(H,46,48)/t35-,36+,37+,42?,43?/m0/s1. The molecule has 1 heterocycles. The number of amides is 3. The highest BCUT2D eigenvalue weighted by Gasteiger charge is 2.73. The summed E-state index contributed by atoms with van der Waals surface area (Å²) >= 11 is 15.3. The van der Waals surface area contributed by atoms with Crippen molar-refractivity contribution >= 4 is 46.6 Å². The zero-order valence-corrected chi connectivity index (χ0v) is 29.9. The monoisotopic (exact) mass is 714 g/mol. The summed E-state index contributed by atoms with van der Waals surface area (Å²) in [5, 5.41) is 2.96. The van der Waals surface area contributed by atoms with E-state index in [-0.39, 0.29) is 11.8 Å². The fraction of sp³-hybridized carbons (Fsp3) is 0.233. The average Bonchev–Trinajstić information content (AvgIpc) is 3.41. The lowest BCUT2D eigenvalue weighted by molar-refractivity contribution is -0.146. The third-order valence-corrected chi connectivity index (χ3v) is 11.9. The first kappa shape index (κ1) is 33.2. The summed E-state index contributed by atoms with van der Waals surface area (Å²) in [6.45, 7) is 6.48. The van der Waals surface area contributed by atoms with Crippen molar-refractivity contribution < 1.29 is 19.1 Å². The van der Waals surface area contributed by atoms with Gasteiger partial charge in [0.1, 0.15) is 27.3 Å². The highest BCUT2D eigenvalue weighted by atomic mass is 35.5. The molecule has 6 nitrogen and oxygen atoms in total. The molecule has 1 N–H and O–H groups in total. The van der Waals surface area contributed by atoms with Gasteiger partial charge in [-0.2, -0.15) is 0 Å². The Bertz CT molecular complexity index is 2060. The molecule has 2 bridgehead atoms. The second-order valence-electron chi connectivity index (χ2n) is 14.6. The van der Waals surface area contributed by atoms with Crippen LogP contribution in [0.2, 0.25) is 0 Å². The van der Waals surface area contributed by atoms with Gasteiger partial charge in [0.05, 0.1) is 11.8 Å². The van der Waals surface area contributed by atoms with Gasteiger partial charge in [-0.3, -0.25) is 19.3 Å². The van der Waals surface area contributed by atoms with Gasteiger partial charge in [0.15, 0.2) is 0 Å². The maximum atomic E-state index is 14.8. The number of imide groups is 1. The summed E-state index contributed by atoms with van der Waals surface area (Å²) < 4.78 is 6.06. The van der Waals surface area contributed by atoms with Crippen molar-refractivity contribution in [2.45, 2.75) is 48.4 Å². The van der Waals surface area contributed by atoms with E-state index in [1.165, 1.54) is 5.56 Å². The van der Waals surface area contributed by atoms with Crippen LogP contribution in [-0.4, -0.2) is 28.7 Å². The maximum absolute atomic E-state index is 14.8. The molecular formula is C43H36Cl2N2O4. The predicted molar refractivity (Wildman–Crippen MR) is 199 cm³/mol. The van der Waals surface area contributed by atoms with E-state index < -0.39 is 45.3 Å². The minimum Gasteiger partial charge on any atom is -0.457 e. The van der Waals surface area contributed by atoms with E-state index in [1.807, 2.05) is 91.0 Å². The molecule has 256 valence electrons. The number of nitrogens with one attached hydrogen (secondary N) is 1. The first-order valence-electron chi connectivity index (χ1n) is 17.1. The molecule has 5 aromatic carbocycles. The quantitative estimate of drug-likeness (QED) is 0.135. The molecule has 3 amide bonds. The zero-order chi connectivity index (χ0) is 35.7. The number of carbonyl (C=O) groups is 3. The molecule has 0 unspecified atom stereocenters. The first-order chi connectivity index (χ1) is 24.4. The Morgan fingerprint density at radius 2 is 1.12 bits per heavy atom. The van der Waals surface area contributed by atoms with Crippen molar-refractivity contribution in [3.8, 4) is 11.5 Å². The third kappa shape index (κ3) is 5.18. The van der Waals surface area contributed by atoms with Crippen LogP contribution in [0.15, 0.2) is 127 Å². The summed E-state index contributed by atoms with van der Waals surface area (Å²) in [5.74, 6) is -2.23. The Hall–Kier alpha value is -4.91. The van der Waals surface area contributed by atoms with Crippen molar-refractivity contribution in [1.29, 1.82) is 0 Å². The fourth-order valence-corrected chi connectivity index (χ4v) is 9.22. The van der Waals surface area contributed by atoms with Crippen molar-refractivity contribution in [3.05, 3.63) is 161 Å². The van der Waals surface area contributed by atoms with Crippen LogP contribution >= 0.6 is 23.2 Å². The number of carbonyl (C=O) groups excluding carboxylic acids is 3. The van der Waals surface area contributed by atoms with Crippen molar-refractivity contribution in [2.75, 3.05) is 5.32 Å². The number of ether oxygens (including phenoxy) is 1. The second-order valence-corrected chi connectivity index (χ2v) is 15.8. The minimum absolute atomic E-state index is 0.0332. The van der Waals surface area contributed by atoms with Crippen LogP contribution in [0.4, 0.5) is 5.69 Å². The van der Waals surface area contributed by atoms with Crippen LogP contribution in [0, 0.1) is 11.8 Å². The van der Waals surface area contributed by atoms with E-state index in [9.17, 15) is 14.4 Å². The topological polar surface area (TPSA) is 75.7 Å². The molecule has 51 heavy (non-hydrogen) atoms. The molecule has 0 saturated carbocycles. The van der Waals surface area contributed by atoms with Crippen LogP contribution in [0.5, 0.6) is 11.5 Å². The lowest BCUT2D eigenvalue weighted by Gasteiger charge is -2.54. The van der Waals surface area contributed by atoms with Crippen molar-refractivity contribution in [2.24, 2.45) is 11.8 Å². The first-order valence-corrected chi connectivity index (χ1v) is 17.9. The third-order valence-electron chi connectivity index (χ3n) is 10.6. The number of anilines is 1. The Balaban J connectivity index is 1.11. The average molecular weight is 716 g/mol. The zero-order valence-electron chi connectivity index (χ0n) is 28.4. The van der Waals surface area contributed by atoms with Crippen LogP contribution in [-0.2, 0) is 36.0 Å². The van der Waals surface area contributed by atoms with Crippen molar-refractivity contribution in [1.82, 2.24) is 4.90 Å². The normalized spacial score (nSPS) is 23.7. The van der Waals surface area contributed by atoms with Gasteiger partial charge in [-0.15, -0.1) is 23.2 Å². The van der Waals surface area contributed by atoms with E-state index in [2.05, 4.69) is 38.2 Å². The summed E-state index contributed by atoms with van der Waals surface area (Å²) in [4.78, 5) is 42.3. The molecule has 1 fully saturated rings. The van der Waals surface area contributed by atoms with Crippen LogP contribution in [0.3, 0.4) is 0 Å². The van der Waals surface area contributed by atoms with E-state index in [0.717, 1.165) is 10.5 Å². The number of hydrogen-bond donors (Lipinski definition) is 1. The second kappa shape index (κ2) is 12.1. The van der Waals surface area contributed by atoms with Crippen LogP contribution in [0.25, 0.3) is 0 Å². The lowest BCUT2D eigenvalue weighted by atomic mass is 9.54. The van der Waals surface area contributed by atoms with Gasteiger partial charge in [-0.1, -0.05) is 112 Å². The Morgan fingerprint density at radius 1 is 0.686 bits per heavy atom. The largest absolute Gasteiger partial charge is 0.457 e. The number of halogens is 2. The number of alkyl halides is 2. The summed E-state index contributed by atoms with van der Waals surface area (Å²) in [6.07, 6.45) is 0.111. The van der Waals surface area contributed by atoms with E-state index in [4.69, 9.17) is 27.9 Å². The Labute approximate surface area is 307 Å². The van der Waals surface area contributed by atoms with Gasteiger partial charge in [-0.25, -0.2) is 0 Å². The van der Waals surface area contributed by atoms with Gasteiger partial charge >= 0.3 is 0 Å². The lowest BCUT2D eigenvalue weighted by Crippen LogP contribution is -2.57. The molecule has 4 aliphatic rings. The van der Waals surface area contributed by atoms with Gasteiger partial charge in [-0.05, 0) is 75.2 Å². The molecule has 0 spiro atoms. The number of hydrogen-bond acceptors (Lipinski definition) is 4. The van der Waals surface area contributed by atoms with Crippen LogP contribution < -0.4 is 10.1 Å². The van der Waals surface area contributed by atoms with E-state index in [0.29, 0.717) is 39.4 Å². The molecule has 9 rings (SSSR count). The van der Waals surface area contributed by atoms with Gasteiger partial charge in [0.25, 0.3) is 0 Å². The molecule has 5 aromatic rings. The molecule has 0 aromatic heterocycles. The maximum Gasteiger partial charge on any atom is 0.248 e. The number of benzene rings is 5. The van der Waals surface area contributed by atoms with Gasteiger partial charge < -0.3 is 10.1 Å². The molecule has 3 aliphatic carbocycles. The summed E-state index contributed by atoms with van der Waals surface area (Å²) in [5.41, 5.74) is 5.37. The molecule has 3 atom stereocenters. The number of likely N-dealkylation sites (tertiary alicyclic amines) is 1. The SMILES string of the molecule is CC(C)(C)c1ccc(Oc2ccc(NC(=O)[C@H](Cc3ccccc3)N3C(=O)[C@H]4[C@H](C3=O)C3(Cl)c5ccccc5C4(Cl)c4ccccc43)cc2)cc1. The summed E-state index contributed by atoms with van der Waals surface area (Å²) in [6, 6.07) is 38.2. The molecule has 0 radical (unpaired) electrons. The minimum atomic E-state index is -1.34. The molecule has 1 aliphatic heterocycles. The molecular weight excluding hydrogens is 679 g/mol. The smallest absolute Gasteiger partial charge is 0.248 e. The highest BCUT2D eigenvalue weighted by molar-refractivity contribution is 6.36.